The van der Waals surface area contributed by atoms with E-state index >= 15 is 0 Å². The van der Waals surface area contributed by atoms with E-state index < -0.39 is 0 Å². The van der Waals surface area contributed by atoms with E-state index in [2.05, 4.69) is 35.1 Å². The number of halogens is 1. The highest BCUT2D eigenvalue weighted by Gasteiger charge is 2.11. The third-order valence-electron chi connectivity index (χ3n) is 2.46. The van der Waals surface area contributed by atoms with Crippen LogP contribution in [0.15, 0.2) is 24.3 Å². The number of benzene rings is 1. The number of carbonyl (C=O) groups excluding carboxylic acids is 1. The highest BCUT2D eigenvalue weighted by atomic mass is 79.9. The normalized spacial score (nSPS) is 11.9. The Bertz CT molecular complexity index is 420. The zero-order chi connectivity index (χ0) is 12.8. The van der Waals surface area contributed by atoms with E-state index in [1.54, 1.807) is 24.3 Å². The third-order valence-corrected chi connectivity index (χ3v) is 3.84. The minimum absolute atomic E-state index is 0.111. The molecule has 1 N–H and O–H groups in total. The van der Waals surface area contributed by atoms with Crippen molar-refractivity contribution in [2.24, 2.45) is 5.92 Å². The molecule has 1 aromatic carbocycles. The molecule has 0 saturated heterocycles. The molecule has 1 unspecified atom stereocenters. The van der Waals surface area contributed by atoms with E-state index in [1.807, 2.05) is 6.07 Å². The third kappa shape index (κ3) is 4.20. The predicted octanol–water partition coefficient (Wildman–Crippen LogP) is 2.71. The van der Waals surface area contributed by atoms with Gasteiger partial charge in [0.25, 0.3) is 5.91 Å². The van der Waals surface area contributed by atoms with Gasteiger partial charge in [0.1, 0.15) is 0 Å². The van der Waals surface area contributed by atoms with Crippen LogP contribution in [0.4, 0.5) is 0 Å². The van der Waals surface area contributed by atoms with E-state index in [9.17, 15) is 4.79 Å². The Kier molecular flexibility index (Phi) is 5.17. The van der Waals surface area contributed by atoms with Crippen LogP contribution in [0.5, 0.6) is 0 Å². The van der Waals surface area contributed by atoms with Crippen LogP contribution in [0.1, 0.15) is 29.8 Å². The quantitative estimate of drug-likeness (QED) is 0.868. The lowest BCUT2D eigenvalue weighted by Gasteiger charge is -2.14. The van der Waals surface area contributed by atoms with E-state index in [-0.39, 0.29) is 10.7 Å². The minimum Gasteiger partial charge on any atom is -0.351 e. The van der Waals surface area contributed by atoms with Crippen molar-refractivity contribution in [1.29, 1.82) is 5.26 Å². The zero-order valence-electron chi connectivity index (χ0n) is 9.90. The maximum Gasteiger partial charge on any atom is 0.251 e. The van der Waals surface area contributed by atoms with Gasteiger partial charge in [-0.2, -0.15) is 5.26 Å². The molecule has 0 bridgehead atoms. The smallest absolute Gasteiger partial charge is 0.251 e. The molecule has 4 heteroatoms. The van der Waals surface area contributed by atoms with Crippen molar-refractivity contribution in [3.8, 4) is 6.07 Å². The summed E-state index contributed by atoms with van der Waals surface area (Å²) in [6.07, 6.45) is 0. The number of hydrogen-bond donors (Lipinski definition) is 1. The van der Waals surface area contributed by atoms with Gasteiger partial charge in [-0.15, -0.1) is 0 Å². The maximum atomic E-state index is 11.8. The summed E-state index contributed by atoms with van der Waals surface area (Å²) in [6, 6.07) is 8.62. The fraction of sp³-hybridized carbons (Fsp3) is 0.385. The van der Waals surface area contributed by atoms with Crippen LogP contribution in [0.3, 0.4) is 0 Å². The number of nitrogens with one attached hydrogen (secondary N) is 1. The molecule has 0 aromatic heterocycles. The van der Waals surface area contributed by atoms with Crippen molar-refractivity contribution < 1.29 is 4.79 Å². The SMILES string of the molecule is CC(C)C(Br)CNC(=O)c1ccc(C#N)cc1. The Morgan fingerprint density at radius 3 is 2.47 bits per heavy atom. The first-order valence-electron chi connectivity index (χ1n) is 5.47. The molecular formula is C13H15BrN2O. The number of nitrogens with zero attached hydrogens (tertiary/aromatic N) is 1. The fourth-order valence-corrected chi connectivity index (χ4v) is 1.39. The molecule has 1 aromatic rings. The van der Waals surface area contributed by atoms with Crippen molar-refractivity contribution in [1.82, 2.24) is 5.32 Å². The summed E-state index contributed by atoms with van der Waals surface area (Å²) in [5.41, 5.74) is 1.13. The molecule has 17 heavy (non-hydrogen) atoms. The van der Waals surface area contributed by atoms with Crippen LogP contribution in [0.2, 0.25) is 0 Å². The van der Waals surface area contributed by atoms with Crippen LogP contribution < -0.4 is 5.32 Å². The number of alkyl halides is 1. The molecular weight excluding hydrogens is 280 g/mol. The second-order valence-electron chi connectivity index (χ2n) is 4.16. The van der Waals surface area contributed by atoms with Gasteiger partial charge >= 0.3 is 0 Å². The first-order valence-corrected chi connectivity index (χ1v) is 6.38. The van der Waals surface area contributed by atoms with Crippen LogP contribution in [-0.2, 0) is 0 Å². The molecule has 0 spiro atoms. The lowest BCUT2D eigenvalue weighted by molar-refractivity contribution is 0.0953. The van der Waals surface area contributed by atoms with Crippen molar-refractivity contribution >= 4 is 21.8 Å². The fourth-order valence-electron chi connectivity index (χ4n) is 1.22. The second kappa shape index (κ2) is 6.41. The summed E-state index contributed by atoms with van der Waals surface area (Å²) >= 11 is 3.51. The molecule has 0 fully saturated rings. The van der Waals surface area contributed by atoms with Gasteiger partial charge < -0.3 is 5.32 Å². The minimum atomic E-state index is -0.111. The number of nitriles is 1. The van der Waals surface area contributed by atoms with Crippen molar-refractivity contribution in [2.75, 3.05) is 6.54 Å². The monoisotopic (exact) mass is 294 g/mol. The van der Waals surface area contributed by atoms with Gasteiger partial charge in [-0.25, -0.2) is 0 Å². The molecule has 1 amide bonds. The second-order valence-corrected chi connectivity index (χ2v) is 5.34. The zero-order valence-corrected chi connectivity index (χ0v) is 11.5. The molecule has 1 rings (SSSR count). The van der Waals surface area contributed by atoms with Gasteiger partial charge in [0.15, 0.2) is 0 Å². The first kappa shape index (κ1) is 13.7. The topological polar surface area (TPSA) is 52.9 Å². The van der Waals surface area contributed by atoms with Crippen LogP contribution >= 0.6 is 15.9 Å². The van der Waals surface area contributed by atoms with Gasteiger partial charge in [-0.3, -0.25) is 4.79 Å². The lowest BCUT2D eigenvalue weighted by Crippen LogP contribution is -2.31. The highest BCUT2D eigenvalue weighted by molar-refractivity contribution is 9.09. The molecule has 0 aliphatic carbocycles. The Morgan fingerprint density at radius 2 is 2.00 bits per heavy atom. The molecule has 0 saturated carbocycles. The Hall–Kier alpha value is -1.34. The maximum absolute atomic E-state index is 11.8. The molecule has 90 valence electrons. The molecule has 1 atom stereocenters. The van der Waals surface area contributed by atoms with Crippen LogP contribution in [0.25, 0.3) is 0 Å². The van der Waals surface area contributed by atoms with E-state index in [1.165, 1.54) is 0 Å². The standard InChI is InChI=1S/C13H15BrN2O/c1-9(2)12(14)8-16-13(17)11-5-3-10(7-15)4-6-11/h3-6,9,12H,8H2,1-2H3,(H,16,17). The van der Waals surface area contributed by atoms with Gasteiger partial charge in [0.2, 0.25) is 0 Å². The Balaban J connectivity index is 2.56. The average Bonchev–Trinajstić information content (AvgIpc) is 2.35. The van der Waals surface area contributed by atoms with E-state index in [0.29, 0.717) is 23.6 Å². The number of rotatable bonds is 4. The summed E-state index contributed by atoms with van der Waals surface area (Å²) in [5.74, 6) is 0.357. The Labute approximate surface area is 110 Å². The van der Waals surface area contributed by atoms with Crippen LogP contribution in [-0.4, -0.2) is 17.3 Å². The van der Waals surface area contributed by atoms with Crippen molar-refractivity contribution in [2.45, 2.75) is 18.7 Å². The molecule has 0 aliphatic rings. The summed E-state index contributed by atoms with van der Waals surface area (Å²) in [7, 11) is 0. The van der Waals surface area contributed by atoms with E-state index in [0.717, 1.165) is 0 Å². The number of carbonyl (C=O) groups is 1. The summed E-state index contributed by atoms with van der Waals surface area (Å²) in [5, 5.41) is 11.5. The Morgan fingerprint density at radius 1 is 1.41 bits per heavy atom. The van der Waals surface area contributed by atoms with Crippen LogP contribution in [0, 0.1) is 17.2 Å². The van der Waals surface area contributed by atoms with E-state index in [4.69, 9.17) is 5.26 Å². The van der Waals surface area contributed by atoms with Gasteiger partial charge in [0.05, 0.1) is 11.6 Å². The molecule has 0 radical (unpaired) electrons. The van der Waals surface area contributed by atoms with Crippen molar-refractivity contribution in [3.63, 3.8) is 0 Å². The predicted molar refractivity (Wildman–Crippen MR) is 71.0 cm³/mol. The largest absolute Gasteiger partial charge is 0.351 e. The summed E-state index contributed by atoms with van der Waals surface area (Å²) in [4.78, 5) is 12.0. The molecule has 3 nitrogen and oxygen atoms in total. The lowest BCUT2D eigenvalue weighted by atomic mass is 10.1. The number of amides is 1. The highest BCUT2D eigenvalue weighted by Crippen LogP contribution is 2.10. The molecule has 0 aliphatic heterocycles. The van der Waals surface area contributed by atoms with Gasteiger partial charge in [0, 0.05) is 16.9 Å². The average molecular weight is 295 g/mol. The van der Waals surface area contributed by atoms with Crippen molar-refractivity contribution in [3.05, 3.63) is 35.4 Å². The first-order chi connectivity index (χ1) is 8.04. The summed E-state index contributed by atoms with van der Waals surface area (Å²) < 4.78 is 0. The van der Waals surface area contributed by atoms with Gasteiger partial charge in [-0.1, -0.05) is 29.8 Å². The molecule has 0 heterocycles. The van der Waals surface area contributed by atoms with Gasteiger partial charge in [-0.05, 0) is 30.2 Å². The number of hydrogen-bond acceptors (Lipinski definition) is 2. The summed E-state index contributed by atoms with van der Waals surface area (Å²) in [6.45, 7) is 4.77.